The predicted octanol–water partition coefficient (Wildman–Crippen LogP) is 2.62. The van der Waals surface area contributed by atoms with Crippen LogP contribution in [0.2, 0.25) is 0 Å². The number of carbonyl (C=O) groups is 3. The molecule has 0 aliphatic carbocycles. The number of nitrogens with zero attached hydrogens (tertiary/aromatic N) is 1. The molecule has 0 bridgehead atoms. The lowest BCUT2D eigenvalue weighted by Crippen LogP contribution is -2.52. The monoisotopic (exact) mass is 654 g/mol. The fourth-order valence-corrected chi connectivity index (χ4v) is 4.16. The molecule has 0 radical (unpaired) electrons. The average Bonchev–Trinajstić information content (AvgIpc) is 2.88. The van der Waals surface area contributed by atoms with Crippen LogP contribution in [-0.4, -0.2) is 60.9 Å². The highest BCUT2D eigenvalue weighted by Crippen LogP contribution is 2.36. The summed E-state index contributed by atoms with van der Waals surface area (Å²) in [7, 11) is 0. The first-order valence-corrected chi connectivity index (χ1v) is 12.9. The Morgan fingerprint density at radius 3 is 1.98 bits per heavy atom. The van der Waals surface area contributed by atoms with Crippen molar-refractivity contribution in [2.24, 2.45) is 17.2 Å². The van der Waals surface area contributed by atoms with Crippen molar-refractivity contribution in [3.8, 4) is 0 Å². The van der Waals surface area contributed by atoms with Crippen molar-refractivity contribution in [2.75, 3.05) is 31.5 Å². The SMILES string of the molecule is NCCN(CCN)C(=O)C[C@H](N)C(=O)NC(Cc1ccc(C(F)(F)F)cc1)C(=O)Nc1ccc(Br)c(C(F)(F)F)c1. The van der Waals surface area contributed by atoms with E-state index in [4.69, 9.17) is 17.2 Å². The smallest absolute Gasteiger partial charge is 0.343 e. The number of nitrogens with one attached hydrogen (secondary N) is 2. The summed E-state index contributed by atoms with van der Waals surface area (Å²) in [4.78, 5) is 39.8. The van der Waals surface area contributed by atoms with Gasteiger partial charge >= 0.3 is 12.4 Å². The minimum absolute atomic E-state index is 0.134. The minimum Gasteiger partial charge on any atom is -0.343 e. The van der Waals surface area contributed by atoms with Crippen LogP contribution in [0.5, 0.6) is 0 Å². The molecule has 0 spiro atoms. The van der Waals surface area contributed by atoms with E-state index in [9.17, 15) is 40.7 Å². The Kier molecular flexibility index (Phi) is 12.1. The molecule has 0 aromatic heterocycles. The van der Waals surface area contributed by atoms with Crippen LogP contribution < -0.4 is 27.8 Å². The molecule has 3 amide bonds. The predicted molar refractivity (Wildman–Crippen MR) is 142 cm³/mol. The molecular weight excluding hydrogens is 626 g/mol. The summed E-state index contributed by atoms with van der Waals surface area (Å²) >= 11 is 2.79. The quantitative estimate of drug-likeness (QED) is 0.222. The molecule has 0 saturated carbocycles. The lowest BCUT2D eigenvalue weighted by Gasteiger charge is -2.24. The van der Waals surface area contributed by atoms with Crippen LogP contribution in [0.3, 0.4) is 0 Å². The minimum atomic E-state index is -4.74. The molecule has 2 aromatic rings. The van der Waals surface area contributed by atoms with Gasteiger partial charge in [0.15, 0.2) is 0 Å². The van der Waals surface area contributed by atoms with Gasteiger partial charge in [0.25, 0.3) is 0 Å². The van der Waals surface area contributed by atoms with Gasteiger partial charge in [-0.25, -0.2) is 0 Å². The van der Waals surface area contributed by atoms with Crippen LogP contribution in [0.25, 0.3) is 0 Å². The third-order valence-electron chi connectivity index (χ3n) is 5.78. The van der Waals surface area contributed by atoms with E-state index in [0.717, 1.165) is 30.3 Å². The summed E-state index contributed by atoms with van der Waals surface area (Å²) in [5, 5.41) is 4.62. The summed E-state index contributed by atoms with van der Waals surface area (Å²) in [5.74, 6) is -2.44. The lowest BCUT2D eigenvalue weighted by atomic mass is 10.0. The maximum Gasteiger partial charge on any atom is 0.417 e. The number of halogens is 7. The molecule has 2 atom stereocenters. The maximum absolute atomic E-state index is 13.3. The van der Waals surface area contributed by atoms with Gasteiger partial charge in [-0.2, -0.15) is 26.3 Å². The third kappa shape index (κ3) is 10.3. The Bertz CT molecular complexity index is 1200. The first kappa shape index (κ1) is 34.0. The first-order chi connectivity index (χ1) is 19.1. The second-order valence-corrected chi connectivity index (χ2v) is 9.76. The molecule has 1 unspecified atom stereocenters. The van der Waals surface area contributed by atoms with Gasteiger partial charge in [-0.3, -0.25) is 14.4 Å². The molecule has 0 aliphatic rings. The third-order valence-corrected chi connectivity index (χ3v) is 6.47. The number of hydrogen-bond acceptors (Lipinski definition) is 6. The highest BCUT2D eigenvalue weighted by atomic mass is 79.9. The number of rotatable bonds is 12. The van der Waals surface area contributed by atoms with Crippen LogP contribution in [0.4, 0.5) is 32.0 Å². The first-order valence-electron chi connectivity index (χ1n) is 12.1. The van der Waals surface area contributed by atoms with E-state index in [-0.39, 0.29) is 48.3 Å². The lowest BCUT2D eigenvalue weighted by molar-refractivity contribution is -0.138. The molecule has 2 rings (SSSR count). The van der Waals surface area contributed by atoms with Gasteiger partial charge in [-0.15, -0.1) is 0 Å². The van der Waals surface area contributed by atoms with Crippen molar-refractivity contribution in [3.63, 3.8) is 0 Å². The normalized spacial score (nSPS) is 13.3. The van der Waals surface area contributed by atoms with Crippen LogP contribution in [-0.2, 0) is 33.2 Å². The topological polar surface area (TPSA) is 157 Å². The molecule has 0 fully saturated rings. The zero-order valence-corrected chi connectivity index (χ0v) is 23.1. The molecule has 0 aliphatic heterocycles. The fourth-order valence-electron chi connectivity index (χ4n) is 3.69. The number of benzene rings is 2. The Morgan fingerprint density at radius 1 is 0.878 bits per heavy atom. The summed E-state index contributed by atoms with van der Waals surface area (Å²) < 4.78 is 78.5. The fraction of sp³-hybridized carbons (Fsp3) is 0.400. The Hall–Kier alpha value is -3.21. The van der Waals surface area contributed by atoms with E-state index in [1.165, 1.54) is 11.0 Å². The average molecular weight is 655 g/mol. The molecule has 8 N–H and O–H groups in total. The van der Waals surface area contributed by atoms with Crippen molar-refractivity contribution in [1.82, 2.24) is 10.2 Å². The number of hydrogen-bond donors (Lipinski definition) is 5. The van der Waals surface area contributed by atoms with Crippen LogP contribution >= 0.6 is 15.9 Å². The molecular formula is C25H29BrF6N6O3. The zero-order chi connectivity index (χ0) is 31.0. The summed E-state index contributed by atoms with van der Waals surface area (Å²) in [6, 6.07) is 3.76. The van der Waals surface area contributed by atoms with E-state index in [0.29, 0.717) is 6.07 Å². The largest absolute Gasteiger partial charge is 0.417 e. The number of anilines is 1. The number of nitrogens with two attached hydrogens (primary N) is 3. The summed E-state index contributed by atoms with van der Waals surface area (Å²) in [5.41, 5.74) is 14.8. The molecule has 2 aromatic carbocycles. The van der Waals surface area contributed by atoms with Crippen LogP contribution in [0, 0.1) is 0 Å². The van der Waals surface area contributed by atoms with Gasteiger partial charge in [0.05, 0.1) is 23.6 Å². The van der Waals surface area contributed by atoms with Gasteiger partial charge in [-0.1, -0.05) is 28.1 Å². The molecule has 0 heterocycles. The van der Waals surface area contributed by atoms with Gasteiger partial charge in [0.2, 0.25) is 17.7 Å². The molecule has 226 valence electrons. The number of amides is 3. The van der Waals surface area contributed by atoms with Gasteiger partial charge in [-0.05, 0) is 35.9 Å². The molecule has 16 heteroatoms. The van der Waals surface area contributed by atoms with E-state index < -0.39 is 59.7 Å². The highest BCUT2D eigenvalue weighted by molar-refractivity contribution is 9.10. The van der Waals surface area contributed by atoms with Crippen molar-refractivity contribution in [1.29, 1.82) is 0 Å². The Labute approximate surface area is 239 Å². The Balaban J connectivity index is 2.28. The summed E-state index contributed by atoms with van der Waals surface area (Å²) in [6.07, 6.45) is -10.2. The van der Waals surface area contributed by atoms with Gasteiger partial charge in [0.1, 0.15) is 6.04 Å². The number of carbonyl (C=O) groups excluding carboxylic acids is 3. The van der Waals surface area contributed by atoms with Gasteiger partial charge < -0.3 is 32.7 Å². The van der Waals surface area contributed by atoms with Crippen molar-refractivity contribution in [2.45, 2.75) is 37.3 Å². The second-order valence-electron chi connectivity index (χ2n) is 8.91. The summed E-state index contributed by atoms with van der Waals surface area (Å²) in [6.45, 7) is 0.593. The molecule has 9 nitrogen and oxygen atoms in total. The van der Waals surface area contributed by atoms with E-state index in [1.807, 2.05) is 0 Å². The van der Waals surface area contributed by atoms with Crippen molar-refractivity contribution >= 4 is 39.3 Å². The van der Waals surface area contributed by atoms with E-state index >= 15 is 0 Å². The van der Waals surface area contributed by atoms with Gasteiger partial charge in [0, 0.05) is 42.8 Å². The second kappa shape index (κ2) is 14.6. The van der Waals surface area contributed by atoms with Crippen LogP contribution in [0.1, 0.15) is 23.1 Å². The van der Waals surface area contributed by atoms with Crippen LogP contribution in [0.15, 0.2) is 46.9 Å². The Morgan fingerprint density at radius 2 is 1.46 bits per heavy atom. The number of alkyl halides is 6. The standard InChI is InChI=1S/C25H29BrF6N6O3/c26-18-6-5-16(12-17(18)25(30,31)32)36-23(41)20(11-14-1-3-15(4-2-14)24(27,28)29)37-22(40)19(35)13-21(39)38(9-7-33)10-8-34/h1-6,12,19-20H,7-11,13,33-35H2,(H,36,41)(H,37,40)/t19-,20?/m0/s1. The zero-order valence-electron chi connectivity index (χ0n) is 21.5. The molecule has 41 heavy (non-hydrogen) atoms. The highest BCUT2D eigenvalue weighted by Gasteiger charge is 2.34. The molecule has 0 saturated heterocycles. The van der Waals surface area contributed by atoms with Crippen molar-refractivity contribution < 1.29 is 40.7 Å². The van der Waals surface area contributed by atoms with E-state index in [2.05, 4.69) is 26.6 Å². The maximum atomic E-state index is 13.3. The van der Waals surface area contributed by atoms with E-state index in [1.54, 1.807) is 0 Å². The van der Waals surface area contributed by atoms with Crippen molar-refractivity contribution in [3.05, 3.63) is 63.6 Å².